The van der Waals surface area contributed by atoms with E-state index >= 15 is 0 Å². The summed E-state index contributed by atoms with van der Waals surface area (Å²) in [6, 6.07) is 17.9. The van der Waals surface area contributed by atoms with Crippen molar-refractivity contribution in [1.29, 1.82) is 0 Å². The Morgan fingerprint density at radius 3 is 1.79 bits per heavy atom. The van der Waals surface area contributed by atoms with Crippen LogP contribution in [0.15, 0.2) is 59.1 Å². The van der Waals surface area contributed by atoms with E-state index < -0.39 is 0 Å². The number of aliphatic hydroxyl groups excluding tert-OH is 2. The minimum absolute atomic E-state index is 0. The van der Waals surface area contributed by atoms with Crippen LogP contribution in [0.5, 0.6) is 11.5 Å². The molecule has 4 aromatic carbocycles. The molecule has 0 aliphatic heterocycles. The Kier molecular flexibility index (Phi) is 8.43. The SMILES string of the molecule is C.C.C[C@]12CCc3c(cc(Br)c4ccc(O)cc34)[C@@H]1C[C@@H](O)C2.C[C@]12CCc3c(ccc4ccc(O)cc34)[C@@H]1C[C@@H](O)C2. The summed E-state index contributed by atoms with van der Waals surface area (Å²) >= 11 is 3.69. The van der Waals surface area contributed by atoms with Gasteiger partial charge in [0.05, 0.1) is 12.2 Å². The van der Waals surface area contributed by atoms with Crippen molar-refractivity contribution in [3.63, 3.8) is 0 Å². The number of phenolic OH excluding ortho intramolecular Hbond substituents is 2. The number of fused-ring (bicyclic) bond motifs is 10. The zero-order valence-electron chi connectivity index (χ0n) is 23.8. The fourth-order valence-electron chi connectivity index (χ4n) is 9.05. The highest BCUT2D eigenvalue weighted by Gasteiger charge is 2.48. The lowest BCUT2D eigenvalue weighted by Gasteiger charge is -2.38. The number of hydrogen-bond acceptors (Lipinski definition) is 4. The molecule has 2 saturated carbocycles. The van der Waals surface area contributed by atoms with E-state index in [-0.39, 0.29) is 37.9 Å². The molecule has 4 nitrogen and oxygen atoms in total. The van der Waals surface area contributed by atoms with Crippen molar-refractivity contribution in [3.05, 3.63) is 81.3 Å². The summed E-state index contributed by atoms with van der Waals surface area (Å²) in [5, 5.41) is 44.5. The Morgan fingerprint density at radius 2 is 1.16 bits per heavy atom. The second-order valence-corrected chi connectivity index (χ2v) is 14.6. The van der Waals surface area contributed by atoms with Gasteiger partial charge in [0.2, 0.25) is 0 Å². The Hall–Kier alpha value is -2.60. The molecule has 0 amide bonds. The Bertz CT molecular complexity index is 1680. The standard InChI is InChI=1S/C18H19BrO2.C18H20O2.2CH4/c1-18-5-4-12-14-6-10(20)2-3-13(14)17(19)8-15(12)16(18)7-11(21)9-18;1-18-7-6-14-15(17(18)9-13(20)10-18)5-3-11-2-4-12(19)8-16(11)14;;/h2-3,6,8,11,16,20-21H,4-5,7,9H2,1H3;2-5,8,13,17,19-20H,6-7,9-10H2,1H3;2*1H4/t11-,16+,18-;13-,17+,18-;;/m11../s1. The Labute approximate surface area is 264 Å². The smallest absolute Gasteiger partial charge is 0.116 e. The normalized spacial score (nSPS) is 30.2. The topological polar surface area (TPSA) is 80.9 Å². The lowest BCUT2D eigenvalue weighted by Crippen LogP contribution is -2.26. The van der Waals surface area contributed by atoms with Gasteiger partial charge in [0.25, 0.3) is 0 Å². The molecule has 6 atom stereocenters. The molecule has 0 bridgehead atoms. The molecule has 5 heteroatoms. The van der Waals surface area contributed by atoms with Gasteiger partial charge in [-0.2, -0.15) is 0 Å². The highest BCUT2D eigenvalue weighted by atomic mass is 79.9. The lowest BCUT2D eigenvalue weighted by molar-refractivity contribution is 0.159. The predicted molar refractivity (Wildman–Crippen MR) is 181 cm³/mol. The summed E-state index contributed by atoms with van der Waals surface area (Å²) in [6.45, 7) is 4.64. The molecule has 0 heterocycles. The van der Waals surface area contributed by atoms with E-state index in [9.17, 15) is 20.4 Å². The minimum Gasteiger partial charge on any atom is -0.508 e. The highest BCUT2D eigenvalue weighted by molar-refractivity contribution is 9.10. The van der Waals surface area contributed by atoms with Crippen molar-refractivity contribution in [2.45, 2.75) is 104 Å². The Morgan fingerprint density at radius 1 is 0.651 bits per heavy atom. The molecule has 4 aliphatic rings. The van der Waals surface area contributed by atoms with Crippen LogP contribution in [0.3, 0.4) is 0 Å². The lowest BCUT2D eigenvalue weighted by atomic mass is 9.66. The monoisotopic (exact) mass is 646 g/mol. The van der Waals surface area contributed by atoms with Crippen molar-refractivity contribution < 1.29 is 20.4 Å². The number of aryl methyl sites for hydroxylation is 2. The number of aromatic hydroxyl groups is 2. The van der Waals surface area contributed by atoms with Gasteiger partial charge in [0.1, 0.15) is 11.5 Å². The number of hydrogen-bond donors (Lipinski definition) is 4. The van der Waals surface area contributed by atoms with Crippen LogP contribution >= 0.6 is 15.9 Å². The molecule has 0 radical (unpaired) electrons. The van der Waals surface area contributed by atoms with Crippen molar-refractivity contribution in [1.82, 2.24) is 0 Å². The van der Waals surface area contributed by atoms with Gasteiger partial charge in [-0.3, -0.25) is 0 Å². The zero-order valence-corrected chi connectivity index (χ0v) is 25.4. The van der Waals surface area contributed by atoms with Crippen LogP contribution in [-0.4, -0.2) is 32.6 Å². The van der Waals surface area contributed by atoms with Gasteiger partial charge >= 0.3 is 0 Å². The number of rotatable bonds is 0. The maximum atomic E-state index is 10.1. The van der Waals surface area contributed by atoms with Crippen molar-refractivity contribution in [2.75, 3.05) is 0 Å². The highest BCUT2D eigenvalue weighted by Crippen LogP contribution is 2.58. The average Bonchev–Trinajstić information content (AvgIpc) is 3.42. The van der Waals surface area contributed by atoms with Gasteiger partial charge in [0.15, 0.2) is 0 Å². The van der Waals surface area contributed by atoms with Gasteiger partial charge < -0.3 is 20.4 Å². The van der Waals surface area contributed by atoms with Crippen LogP contribution in [0.4, 0.5) is 0 Å². The van der Waals surface area contributed by atoms with Gasteiger partial charge in [-0.1, -0.05) is 62.8 Å². The largest absolute Gasteiger partial charge is 0.508 e. The van der Waals surface area contributed by atoms with E-state index in [2.05, 4.69) is 48.0 Å². The van der Waals surface area contributed by atoms with Crippen LogP contribution in [0, 0.1) is 10.8 Å². The fraction of sp³-hybridized carbons (Fsp3) is 0.474. The maximum Gasteiger partial charge on any atom is 0.116 e. The first-order chi connectivity index (χ1) is 19.5. The van der Waals surface area contributed by atoms with E-state index in [0.717, 1.165) is 66.6 Å². The molecule has 4 aliphatic carbocycles. The second-order valence-electron chi connectivity index (χ2n) is 13.8. The maximum absolute atomic E-state index is 10.1. The molecule has 43 heavy (non-hydrogen) atoms. The molecule has 0 unspecified atom stereocenters. The third kappa shape index (κ3) is 5.26. The Balaban J connectivity index is 0.000000164. The minimum atomic E-state index is -0.176. The number of benzene rings is 4. The summed E-state index contributed by atoms with van der Waals surface area (Å²) in [5.74, 6) is 1.56. The third-order valence-electron chi connectivity index (χ3n) is 11.1. The molecule has 8 rings (SSSR count). The molecule has 2 fully saturated rings. The van der Waals surface area contributed by atoms with E-state index in [1.165, 1.54) is 33.0 Å². The molecular weight excluding hydrogens is 600 g/mol. The second kappa shape index (κ2) is 11.4. The summed E-state index contributed by atoms with van der Waals surface area (Å²) in [4.78, 5) is 0. The predicted octanol–water partition coefficient (Wildman–Crippen LogP) is 9.51. The van der Waals surface area contributed by atoms with Crippen LogP contribution in [0.1, 0.15) is 101 Å². The first-order valence-electron chi connectivity index (χ1n) is 15.1. The van der Waals surface area contributed by atoms with E-state index in [1.807, 2.05) is 24.3 Å². The first-order valence-corrected chi connectivity index (χ1v) is 15.9. The van der Waals surface area contributed by atoms with Gasteiger partial charge in [-0.15, -0.1) is 0 Å². The van der Waals surface area contributed by atoms with Crippen molar-refractivity contribution in [3.8, 4) is 11.5 Å². The van der Waals surface area contributed by atoms with Crippen molar-refractivity contribution in [2.24, 2.45) is 10.8 Å². The summed E-state index contributed by atoms with van der Waals surface area (Å²) < 4.78 is 1.09. The average molecular weight is 648 g/mol. The van der Waals surface area contributed by atoms with Gasteiger partial charge in [-0.05, 0) is 154 Å². The molecule has 0 spiro atoms. The van der Waals surface area contributed by atoms with E-state index in [1.54, 1.807) is 12.1 Å². The molecule has 230 valence electrons. The van der Waals surface area contributed by atoms with Crippen molar-refractivity contribution >= 4 is 37.5 Å². The number of phenols is 2. The molecule has 4 aromatic rings. The molecule has 4 N–H and O–H groups in total. The number of aliphatic hydroxyl groups is 2. The van der Waals surface area contributed by atoms with Crippen LogP contribution in [0.25, 0.3) is 21.5 Å². The summed E-state index contributed by atoms with van der Waals surface area (Å²) in [6.07, 6.45) is 7.58. The first kappa shape index (κ1) is 31.8. The summed E-state index contributed by atoms with van der Waals surface area (Å²) in [5.41, 5.74) is 5.97. The van der Waals surface area contributed by atoms with E-state index in [4.69, 9.17) is 0 Å². The van der Waals surface area contributed by atoms with E-state index in [0.29, 0.717) is 23.3 Å². The van der Waals surface area contributed by atoms with Crippen LogP contribution in [0.2, 0.25) is 0 Å². The van der Waals surface area contributed by atoms with Gasteiger partial charge in [-0.25, -0.2) is 0 Å². The fourth-order valence-corrected chi connectivity index (χ4v) is 9.64. The van der Waals surface area contributed by atoms with Gasteiger partial charge in [0, 0.05) is 4.47 Å². The zero-order chi connectivity index (χ0) is 28.7. The molecule has 0 aromatic heterocycles. The van der Waals surface area contributed by atoms with Crippen LogP contribution < -0.4 is 0 Å². The quantitative estimate of drug-likeness (QED) is 0.153. The number of halogens is 1. The summed E-state index contributed by atoms with van der Waals surface area (Å²) in [7, 11) is 0. The third-order valence-corrected chi connectivity index (χ3v) is 11.8. The molecular formula is C38H47BrO4. The molecule has 0 saturated heterocycles. The van der Waals surface area contributed by atoms with Crippen LogP contribution in [-0.2, 0) is 12.8 Å².